The molecule has 0 radical (unpaired) electrons. The van der Waals surface area contributed by atoms with Gasteiger partial charge >= 0.3 is 0 Å². The van der Waals surface area contributed by atoms with E-state index >= 15 is 0 Å². The Bertz CT molecular complexity index is 416. The van der Waals surface area contributed by atoms with E-state index in [0.717, 1.165) is 16.4 Å². The van der Waals surface area contributed by atoms with Crippen LogP contribution in [0.3, 0.4) is 0 Å². The van der Waals surface area contributed by atoms with Crippen LogP contribution in [0.4, 0.5) is 0 Å². The van der Waals surface area contributed by atoms with E-state index in [1.54, 1.807) is 12.1 Å². The summed E-state index contributed by atoms with van der Waals surface area (Å²) in [5.74, 6) is 0.00817. The van der Waals surface area contributed by atoms with Crippen molar-refractivity contribution in [1.29, 1.82) is 0 Å². The third kappa shape index (κ3) is 3.32. The van der Waals surface area contributed by atoms with Crippen LogP contribution >= 0.6 is 22.6 Å². The van der Waals surface area contributed by atoms with Crippen molar-refractivity contribution in [3.8, 4) is 5.75 Å². The maximum atomic E-state index is 11.9. The number of phenols is 1. The van der Waals surface area contributed by atoms with Crippen LogP contribution in [0.25, 0.3) is 0 Å². The van der Waals surface area contributed by atoms with Crippen LogP contribution in [0.15, 0.2) is 18.2 Å². The van der Waals surface area contributed by atoms with Crippen molar-refractivity contribution >= 4 is 28.5 Å². The lowest BCUT2D eigenvalue weighted by molar-refractivity contribution is 0.0696. The van der Waals surface area contributed by atoms with Crippen molar-refractivity contribution in [2.45, 2.75) is 18.9 Å². The topological polar surface area (TPSA) is 58.6 Å². The Labute approximate surface area is 113 Å². The van der Waals surface area contributed by atoms with E-state index in [1.165, 1.54) is 6.07 Å². The van der Waals surface area contributed by atoms with E-state index < -0.39 is 0 Å². The Balaban J connectivity index is 2.01. The minimum absolute atomic E-state index is 0.136. The first-order valence-electron chi connectivity index (χ1n) is 5.54. The van der Waals surface area contributed by atoms with Gasteiger partial charge in [0.05, 0.1) is 3.57 Å². The number of carbonyl (C=O) groups is 1. The molecule has 17 heavy (non-hydrogen) atoms. The lowest BCUT2D eigenvalue weighted by Gasteiger charge is -2.23. The highest BCUT2D eigenvalue weighted by atomic mass is 127. The molecule has 0 atom stereocenters. The quantitative estimate of drug-likeness (QED) is 0.804. The first-order valence-corrected chi connectivity index (χ1v) is 6.62. The van der Waals surface area contributed by atoms with Gasteiger partial charge in [0, 0.05) is 24.8 Å². The van der Waals surface area contributed by atoms with E-state index in [9.17, 15) is 9.90 Å². The Kier molecular flexibility index (Phi) is 4.22. The molecule has 2 rings (SSSR count). The second kappa shape index (κ2) is 5.68. The van der Waals surface area contributed by atoms with Gasteiger partial charge in [-0.3, -0.25) is 4.79 Å². The number of nitrogens with one attached hydrogen (secondary N) is 1. The molecule has 0 aliphatic carbocycles. The number of hydrogen-bond acceptors (Lipinski definition) is 3. The predicted molar refractivity (Wildman–Crippen MR) is 72.1 cm³/mol. The fourth-order valence-corrected chi connectivity index (χ4v) is 2.10. The maximum absolute atomic E-state index is 11.9. The molecule has 1 aliphatic rings. The van der Waals surface area contributed by atoms with Gasteiger partial charge in [0.15, 0.2) is 0 Å². The van der Waals surface area contributed by atoms with Gasteiger partial charge in [0.1, 0.15) is 5.75 Å². The standard InChI is InChI=1S/C12H14INO3/c13-10-2-1-8(7-11(10)15)12(16)14-9-3-5-17-6-4-9/h1-2,7,9,15H,3-6H2,(H,14,16). The van der Waals surface area contributed by atoms with Crippen molar-refractivity contribution in [1.82, 2.24) is 5.32 Å². The highest BCUT2D eigenvalue weighted by Gasteiger charge is 2.17. The molecule has 4 nitrogen and oxygen atoms in total. The largest absolute Gasteiger partial charge is 0.507 e. The Morgan fingerprint density at radius 3 is 2.76 bits per heavy atom. The third-order valence-electron chi connectivity index (χ3n) is 2.76. The van der Waals surface area contributed by atoms with Crippen LogP contribution in [-0.2, 0) is 4.74 Å². The zero-order chi connectivity index (χ0) is 12.3. The Hall–Kier alpha value is -0.820. The van der Waals surface area contributed by atoms with E-state index in [1.807, 2.05) is 22.6 Å². The summed E-state index contributed by atoms with van der Waals surface area (Å²) in [6.07, 6.45) is 1.70. The zero-order valence-electron chi connectivity index (χ0n) is 9.28. The van der Waals surface area contributed by atoms with Crippen molar-refractivity contribution in [2.75, 3.05) is 13.2 Å². The molecule has 0 bridgehead atoms. The van der Waals surface area contributed by atoms with E-state index in [0.29, 0.717) is 18.8 Å². The number of amides is 1. The monoisotopic (exact) mass is 347 g/mol. The van der Waals surface area contributed by atoms with Crippen molar-refractivity contribution in [3.05, 3.63) is 27.3 Å². The average molecular weight is 347 g/mol. The van der Waals surface area contributed by atoms with Gasteiger partial charge < -0.3 is 15.2 Å². The Morgan fingerprint density at radius 2 is 2.12 bits per heavy atom. The number of carbonyl (C=O) groups excluding carboxylic acids is 1. The molecule has 0 saturated carbocycles. The van der Waals surface area contributed by atoms with Gasteiger partial charge in [-0.15, -0.1) is 0 Å². The number of benzene rings is 1. The molecule has 0 aromatic heterocycles. The molecule has 1 aromatic carbocycles. The summed E-state index contributed by atoms with van der Waals surface area (Å²) >= 11 is 2.02. The summed E-state index contributed by atoms with van der Waals surface area (Å²) in [5, 5.41) is 12.5. The summed E-state index contributed by atoms with van der Waals surface area (Å²) in [4.78, 5) is 11.9. The molecular weight excluding hydrogens is 333 g/mol. The number of ether oxygens (including phenoxy) is 1. The first-order chi connectivity index (χ1) is 8.16. The summed E-state index contributed by atoms with van der Waals surface area (Å²) in [6.45, 7) is 1.39. The summed E-state index contributed by atoms with van der Waals surface area (Å²) in [7, 11) is 0. The number of hydrogen-bond donors (Lipinski definition) is 2. The van der Waals surface area contributed by atoms with Gasteiger partial charge in [0.25, 0.3) is 5.91 Å². The van der Waals surface area contributed by atoms with Crippen molar-refractivity contribution in [2.24, 2.45) is 0 Å². The van der Waals surface area contributed by atoms with E-state index in [2.05, 4.69) is 5.32 Å². The molecule has 2 N–H and O–H groups in total. The molecule has 1 saturated heterocycles. The molecule has 0 unspecified atom stereocenters. The number of phenolic OH excluding ortho intramolecular Hbond substituents is 1. The van der Waals surface area contributed by atoms with E-state index in [4.69, 9.17) is 4.74 Å². The van der Waals surface area contributed by atoms with Crippen LogP contribution in [0.2, 0.25) is 0 Å². The van der Waals surface area contributed by atoms with Gasteiger partial charge in [-0.1, -0.05) is 0 Å². The predicted octanol–water partition coefficient (Wildman–Crippen LogP) is 1.91. The van der Waals surface area contributed by atoms with Crippen LogP contribution in [-0.4, -0.2) is 30.3 Å². The molecular formula is C12H14INO3. The van der Waals surface area contributed by atoms with Crippen LogP contribution in [0.5, 0.6) is 5.75 Å². The minimum Gasteiger partial charge on any atom is -0.507 e. The van der Waals surface area contributed by atoms with Crippen LogP contribution in [0, 0.1) is 3.57 Å². The molecule has 1 amide bonds. The van der Waals surface area contributed by atoms with Crippen LogP contribution < -0.4 is 5.32 Å². The smallest absolute Gasteiger partial charge is 0.251 e. The average Bonchev–Trinajstić information content (AvgIpc) is 2.34. The van der Waals surface area contributed by atoms with Gasteiger partial charge in [-0.25, -0.2) is 0 Å². The Morgan fingerprint density at radius 1 is 1.41 bits per heavy atom. The second-order valence-electron chi connectivity index (χ2n) is 4.03. The summed E-state index contributed by atoms with van der Waals surface area (Å²) in [6, 6.07) is 5.12. The molecule has 0 spiro atoms. The van der Waals surface area contributed by atoms with Crippen molar-refractivity contribution < 1.29 is 14.6 Å². The highest BCUT2D eigenvalue weighted by molar-refractivity contribution is 14.1. The van der Waals surface area contributed by atoms with Crippen LogP contribution in [0.1, 0.15) is 23.2 Å². The van der Waals surface area contributed by atoms with E-state index in [-0.39, 0.29) is 17.7 Å². The number of rotatable bonds is 2. The molecule has 1 aliphatic heterocycles. The lowest BCUT2D eigenvalue weighted by atomic mass is 10.1. The van der Waals surface area contributed by atoms with Gasteiger partial charge in [0.2, 0.25) is 0 Å². The summed E-state index contributed by atoms with van der Waals surface area (Å²) < 4.78 is 5.97. The molecule has 1 fully saturated rings. The third-order valence-corrected chi connectivity index (χ3v) is 3.68. The summed E-state index contributed by atoms with van der Waals surface area (Å²) in [5.41, 5.74) is 0.495. The lowest BCUT2D eigenvalue weighted by Crippen LogP contribution is -2.38. The minimum atomic E-state index is -0.136. The molecule has 5 heteroatoms. The normalized spacial score (nSPS) is 16.8. The molecule has 1 heterocycles. The fraction of sp³-hybridized carbons (Fsp3) is 0.417. The molecule has 92 valence electrons. The zero-order valence-corrected chi connectivity index (χ0v) is 11.4. The van der Waals surface area contributed by atoms with Crippen molar-refractivity contribution in [3.63, 3.8) is 0 Å². The first kappa shape index (κ1) is 12.6. The highest BCUT2D eigenvalue weighted by Crippen LogP contribution is 2.20. The number of halogens is 1. The SMILES string of the molecule is O=C(NC1CCOCC1)c1ccc(I)c(O)c1. The number of aromatic hydroxyl groups is 1. The maximum Gasteiger partial charge on any atom is 0.251 e. The second-order valence-corrected chi connectivity index (χ2v) is 5.19. The molecule has 1 aromatic rings. The van der Waals surface area contributed by atoms with Gasteiger partial charge in [-0.05, 0) is 53.6 Å². The van der Waals surface area contributed by atoms with Gasteiger partial charge in [-0.2, -0.15) is 0 Å². The fourth-order valence-electron chi connectivity index (χ4n) is 1.76.